The van der Waals surface area contributed by atoms with Crippen molar-refractivity contribution < 1.29 is 28.5 Å². The summed E-state index contributed by atoms with van der Waals surface area (Å²) in [6.45, 7) is 4.94. The lowest BCUT2D eigenvalue weighted by Crippen LogP contribution is -2.32. The molecule has 0 unspecified atom stereocenters. The molecule has 1 N–H and O–H groups in total. The highest BCUT2D eigenvalue weighted by molar-refractivity contribution is 7.09. The molecule has 33 heavy (non-hydrogen) atoms. The summed E-state index contributed by atoms with van der Waals surface area (Å²) in [5.41, 5.74) is 1.13. The monoisotopic (exact) mass is 470 g/mol. The van der Waals surface area contributed by atoms with Crippen molar-refractivity contribution in [2.24, 2.45) is 0 Å². The van der Waals surface area contributed by atoms with E-state index in [0.717, 1.165) is 16.5 Å². The van der Waals surface area contributed by atoms with Crippen LogP contribution in [0.4, 0.5) is 0 Å². The van der Waals surface area contributed by atoms with Crippen molar-refractivity contribution in [1.29, 1.82) is 0 Å². The van der Waals surface area contributed by atoms with Gasteiger partial charge in [0.2, 0.25) is 0 Å². The van der Waals surface area contributed by atoms with Crippen molar-refractivity contribution in [3.05, 3.63) is 70.2 Å². The summed E-state index contributed by atoms with van der Waals surface area (Å²) in [6, 6.07) is 13.8. The number of amides is 1. The zero-order chi connectivity index (χ0) is 23.5. The SMILES string of the molecule is CCOc1ccc(OCCNC(=O)COC(=O)c2cccc(OCc3csc(C)n3)c2)cc1. The minimum atomic E-state index is -0.606. The summed E-state index contributed by atoms with van der Waals surface area (Å²) in [4.78, 5) is 28.5. The summed E-state index contributed by atoms with van der Waals surface area (Å²) >= 11 is 1.55. The van der Waals surface area contributed by atoms with Crippen LogP contribution in [-0.4, -0.2) is 43.2 Å². The first-order valence-corrected chi connectivity index (χ1v) is 11.3. The second-order valence-electron chi connectivity index (χ2n) is 6.85. The third kappa shape index (κ3) is 8.12. The van der Waals surface area contributed by atoms with Gasteiger partial charge in [-0.15, -0.1) is 11.3 Å². The van der Waals surface area contributed by atoms with E-state index < -0.39 is 11.9 Å². The summed E-state index contributed by atoms with van der Waals surface area (Å²) in [5, 5.41) is 5.54. The smallest absolute Gasteiger partial charge is 0.338 e. The quantitative estimate of drug-likeness (QED) is 0.318. The Bertz CT molecular complexity index is 1050. The molecule has 0 spiro atoms. The molecule has 3 aromatic rings. The van der Waals surface area contributed by atoms with E-state index in [9.17, 15) is 9.59 Å². The lowest BCUT2D eigenvalue weighted by atomic mass is 10.2. The highest BCUT2D eigenvalue weighted by Crippen LogP contribution is 2.18. The lowest BCUT2D eigenvalue weighted by Gasteiger charge is -2.10. The van der Waals surface area contributed by atoms with Gasteiger partial charge in [-0.25, -0.2) is 9.78 Å². The van der Waals surface area contributed by atoms with Gasteiger partial charge >= 0.3 is 5.97 Å². The number of aromatic nitrogens is 1. The summed E-state index contributed by atoms with van der Waals surface area (Å²) in [5.74, 6) is 0.944. The Kier molecular flexibility index (Phi) is 9.08. The van der Waals surface area contributed by atoms with E-state index in [1.165, 1.54) is 0 Å². The Labute approximate surface area is 196 Å². The molecule has 0 saturated heterocycles. The molecule has 0 bridgehead atoms. The third-order valence-electron chi connectivity index (χ3n) is 4.29. The fraction of sp³-hybridized carbons (Fsp3) is 0.292. The predicted molar refractivity (Wildman–Crippen MR) is 124 cm³/mol. The van der Waals surface area contributed by atoms with Gasteiger partial charge in [-0.3, -0.25) is 4.79 Å². The lowest BCUT2D eigenvalue weighted by molar-refractivity contribution is -0.124. The molecule has 8 nitrogen and oxygen atoms in total. The second kappa shape index (κ2) is 12.4. The van der Waals surface area contributed by atoms with Crippen LogP contribution in [0.5, 0.6) is 17.2 Å². The van der Waals surface area contributed by atoms with Gasteiger partial charge in [0.15, 0.2) is 6.61 Å². The van der Waals surface area contributed by atoms with Crippen LogP contribution in [0.1, 0.15) is 28.0 Å². The number of ether oxygens (including phenoxy) is 4. The predicted octanol–water partition coefficient (Wildman–Crippen LogP) is 3.78. The zero-order valence-corrected chi connectivity index (χ0v) is 19.4. The minimum absolute atomic E-state index is 0.281. The molecular weight excluding hydrogens is 444 g/mol. The first-order valence-electron chi connectivity index (χ1n) is 10.5. The van der Waals surface area contributed by atoms with Gasteiger partial charge in [-0.2, -0.15) is 0 Å². The first kappa shape index (κ1) is 24.1. The number of carbonyl (C=O) groups excluding carboxylic acids is 2. The molecule has 0 fully saturated rings. The van der Waals surface area contributed by atoms with Crippen LogP contribution in [0, 0.1) is 6.92 Å². The van der Waals surface area contributed by atoms with Crippen LogP contribution in [0.25, 0.3) is 0 Å². The maximum absolute atomic E-state index is 12.3. The highest BCUT2D eigenvalue weighted by Gasteiger charge is 2.11. The van der Waals surface area contributed by atoms with Crippen molar-refractivity contribution >= 4 is 23.2 Å². The molecular formula is C24H26N2O6S. The average molecular weight is 471 g/mol. The third-order valence-corrected chi connectivity index (χ3v) is 5.11. The Hall–Kier alpha value is -3.59. The summed E-state index contributed by atoms with van der Waals surface area (Å²) in [6.07, 6.45) is 0. The Morgan fingerprint density at radius 2 is 1.76 bits per heavy atom. The van der Waals surface area contributed by atoms with Crippen molar-refractivity contribution in [2.75, 3.05) is 26.4 Å². The van der Waals surface area contributed by atoms with Crippen LogP contribution in [0.3, 0.4) is 0 Å². The number of hydrogen-bond donors (Lipinski definition) is 1. The number of thiazole rings is 1. The number of aryl methyl sites for hydroxylation is 1. The number of esters is 1. The molecule has 0 aliphatic carbocycles. The molecule has 2 aromatic carbocycles. The van der Waals surface area contributed by atoms with E-state index >= 15 is 0 Å². The van der Waals surface area contributed by atoms with Gasteiger partial charge in [0.1, 0.15) is 30.5 Å². The zero-order valence-electron chi connectivity index (χ0n) is 18.5. The van der Waals surface area contributed by atoms with Gasteiger partial charge in [0.25, 0.3) is 5.91 Å². The number of carbonyl (C=O) groups is 2. The second-order valence-corrected chi connectivity index (χ2v) is 7.92. The van der Waals surface area contributed by atoms with Crippen molar-refractivity contribution in [3.8, 4) is 17.2 Å². The summed E-state index contributed by atoms with van der Waals surface area (Å²) in [7, 11) is 0. The van der Waals surface area contributed by atoms with Gasteiger partial charge < -0.3 is 24.3 Å². The van der Waals surface area contributed by atoms with Crippen molar-refractivity contribution in [2.45, 2.75) is 20.5 Å². The van der Waals surface area contributed by atoms with E-state index in [0.29, 0.717) is 30.3 Å². The van der Waals surface area contributed by atoms with Crippen LogP contribution >= 0.6 is 11.3 Å². The Balaban J connectivity index is 1.35. The normalized spacial score (nSPS) is 10.4. The van der Waals surface area contributed by atoms with E-state index in [2.05, 4.69) is 10.3 Å². The molecule has 0 saturated carbocycles. The molecule has 1 aromatic heterocycles. The fourth-order valence-electron chi connectivity index (χ4n) is 2.77. The number of nitrogens with zero attached hydrogens (tertiary/aromatic N) is 1. The number of nitrogens with one attached hydrogen (secondary N) is 1. The standard InChI is InChI=1S/C24H26N2O6S/c1-3-29-20-7-9-21(10-8-20)30-12-11-25-23(27)15-32-24(28)18-5-4-6-22(13-18)31-14-19-16-33-17(2)26-19/h4-10,13,16H,3,11-12,14-15H2,1-2H3,(H,25,27). The van der Waals surface area contributed by atoms with E-state index in [4.69, 9.17) is 18.9 Å². The topological polar surface area (TPSA) is 96.0 Å². The fourth-order valence-corrected chi connectivity index (χ4v) is 3.37. The minimum Gasteiger partial charge on any atom is -0.494 e. The molecule has 0 aliphatic heterocycles. The molecule has 0 aliphatic rings. The van der Waals surface area contributed by atoms with Crippen LogP contribution < -0.4 is 19.5 Å². The Morgan fingerprint density at radius 3 is 2.45 bits per heavy atom. The molecule has 1 amide bonds. The van der Waals surface area contributed by atoms with E-state index in [1.807, 2.05) is 31.4 Å². The first-order chi connectivity index (χ1) is 16.0. The van der Waals surface area contributed by atoms with Gasteiger partial charge in [0.05, 0.1) is 29.4 Å². The molecule has 0 atom stereocenters. The average Bonchev–Trinajstić information content (AvgIpc) is 3.25. The van der Waals surface area contributed by atoms with Crippen molar-refractivity contribution in [3.63, 3.8) is 0 Å². The van der Waals surface area contributed by atoms with E-state index in [1.54, 1.807) is 47.7 Å². The Morgan fingerprint density at radius 1 is 1.00 bits per heavy atom. The van der Waals surface area contributed by atoms with Crippen LogP contribution in [0.15, 0.2) is 53.9 Å². The molecule has 0 radical (unpaired) electrons. The van der Waals surface area contributed by atoms with Crippen molar-refractivity contribution in [1.82, 2.24) is 10.3 Å². The molecule has 3 rings (SSSR count). The van der Waals surface area contributed by atoms with Crippen LogP contribution in [0.2, 0.25) is 0 Å². The van der Waals surface area contributed by atoms with Gasteiger partial charge in [-0.05, 0) is 56.3 Å². The number of benzene rings is 2. The van der Waals surface area contributed by atoms with Crippen LogP contribution in [-0.2, 0) is 16.1 Å². The molecule has 9 heteroatoms. The highest BCUT2D eigenvalue weighted by atomic mass is 32.1. The van der Waals surface area contributed by atoms with E-state index in [-0.39, 0.29) is 19.8 Å². The largest absolute Gasteiger partial charge is 0.494 e. The number of rotatable bonds is 12. The maximum atomic E-state index is 12.3. The molecule has 174 valence electrons. The number of hydrogen-bond acceptors (Lipinski definition) is 8. The summed E-state index contributed by atoms with van der Waals surface area (Å²) < 4.78 is 21.7. The maximum Gasteiger partial charge on any atom is 0.338 e. The molecule has 1 heterocycles. The van der Waals surface area contributed by atoms with Gasteiger partial charge in [0, 0.05) is 5.38 Å². The van der Waals surface area contributed by atoms with Gasteiger partial charge in [-0.1, -0.05) is 6.07 Å².